The van der Waals surface area contributed by atoms with Gasteiger partial charge >= 0.3 is 5.97 Å². The highest BCUT2D eigenvalue weighted by molar-refractivity contribution is 5.96. The smallest absolute Gasteiger partial charge is 0.346 e. The van der Waals surface area contributed by atoms with Crippen LogP contribution in [-0.4, -0.2) is 50.2 Å². The third-order valence-electron chi connectivity index (χ3n) is 5.52. The van der Waals surface area contributed by atoms with Gasteiger partial charge in [-0.25, -0.2) is 4.79 Å². The molecule has 0 radical (unpaired) electrons. The van der Waals surface area contributed by atoms with E-state index < -0.39 is 5.97 Å². The number of esters is 1. The van der Waals surface area contributed by atoms with Crippen LogP contribution in [0.3, 0.4) is 0 Å². The molecule has 6 nitrogen and oxygen atoms in total. The minimum absolute atomic E-state index is 0.108. The van der Waals surface area contributed by atoms with Gasteiger partial charge in [-0.1, -0.05) is 18.9 Å². The van der Waals surface area contributed by atoms with E-state index >= 15 is 0 Å². The molecule has 0 spiro atoms. The molecule has 1 heterocycles. The van der Waals surface area contributed by atoms with Gasteiger partial charge in [-0.15, -0.1) is 0 Å². The van der Waals surface area contributed by atoms with Crippen LogP contribution in [0.5, 0.6) is 11.5 Å². The zero-order valence-corrected chi connectivity index (χ0v) is 15.5. The number of hydrogen-bond acceptors (Lipinski definition) is 5. The Morgan fingerprint density at radius 2 is 1.69 bits per heavy atom. The van der Waals surface area contributed by atoms with Gasteiger partial charge in [0.2, 0.25) is 0 Å². The van der Waals surface area contributed by atoms with Crippen LogP contribution in [0.1, 0.15) is 48.9 Å². The largest absolute Gasteiger partial charge is 0.496 e. The van der Waals surface area contributed by atoms with E-state index in [1.807, 2.05) is 4.90 Å². The van der Waals surface area contributed by atoms with E-state index in [2.05, 4.69) is 0 Å². The second-order valence-electron chi connectivity index (χ2n) is 6.95. The summed E-state index contributed by atoms with van der Waals surface area (Å²) in [4.78, 5) is 27.1. The predicted molar refractivity (Wildman–Crippen MR) is 96.5 cm³/mol. The van der Waals surface area contributed by atoms with Gasteiger partial charge in [0, 0.05) is 12.6 Å². The number of carbonyl (C=O) groups is 2. The molecule has 1 aromatic rings. The number of rotatable bonds is 5. The van der Waals surface area contributed by atoms with Gasteiger partial charge in [0.25, 0.3) is 5.91 Å². The molecule has 6 heteroatoms. The van der Waals surface area contributed by atoms with Gasteiger partial charge in [-0.05, 0) is 43.7 Å². The summed E-state index contributed by atoms with van der Waals surface area (Å²) in [6.45, 7) is 0.513. The first-order valence-electron chi connectivity index (χ1n) is 9.33. The van der Waals surface area contributed by atoms with E-state index in [-0.39, 0.29) is 18.1 Å². The number of benzene rings is 1. The molecule has 1 saturated heterocycles. The van der Waals surface area contributed by atoms with Crippen molar-refractivity contribution >= 4 is 11.9 Å². The number of fused-ring (bicyclic) bond motifs is 1. The molecular weight excluding hydrogens is 334 g/mol. The lowest BCUT2D eigenvalue weighted by Crippen LogP contribution is -2.50. The van der Waals surface area contributed by atoms with Crippen molar-refractivity contribution in [2.75, 3.05) is 27.4 Å². The quantitative estimate of drug-likeness (QED) is 0.754. The minimum atomic E-state index is -0.607. The molecule has 1 saturated carbocycles. The zero-order valence-electron chi connectivity index (χ0n) is 15.5. The van der Waals surface area contributed by atoms with Gasteiger partial charge in [-0.3, -0.25) is 4.79 Å². The maximum absolute atomic E-state index is 12.7. The Balaban J connectivity index is 1.65. The number of hydrogen-bond donors (Lipinski definition) is 0. The van der Waals surface area contributed by atoms with Crippen molar-refractivity contribution in [1.82, 2.24) is 4.90 Å². The Hall–Kier alpha value is -2.24. The van der Waals surface area contributed by atoms with Crippen LogP contribution in [0.15, 0.2) is 18.2 Å². The second-order valence-corrected chi connectivity index (χ2v) is 6.95. The molecule has 142 valence electrons. The third-order valence-corrected chi connectivity index (χ3v) is 5.52. The Bertz CT molecular complexity index is 635. The van der Waals surface area contributed by atoms with Crippen molar-refractivity contribution in [2.45, 2.75) is 44.6 Å². The summed E-state index contributed by atoms with van der Waals surface area (Å²) >= 11 is 0. The summed E-state index contributed by atoms with van der Waals surface area (Å²) in [5.74, 6) is 0.624. The summed E-state index contributed by atoms with van der Waals surface area (Å²) in [5.41, 5.74) is 0.208. The number of likely N-dealkylation sites (tertiary alicyclic amines) is 1. The Morgan fingerprint density at radius 3 is 2.38 bits per heavy atom. The first-order chi connectivity index (χ1) is 12.7. The monoisotopic (exact) mass is 361 g/mol. The van der Waals surface area contributed by atoms with Crippen LogP contribution in [0.4, 0.5) is 0 Å². The SMILES string of the molecule is COc1cccc(OC)c1C(=O)OCC(=O)N1CCC[C@@H]2CCCC[C@@H]21. The number of carbonyl (C=O) groups excluding carboxylic acids is 2. The van der Waals surface area contributed by atoms with Crippen LogP contribution >= 0.6 is 0 Å². The van der Waals surface area contributed by atoms with Crippen LogP contribution in [0.25, 0.3) is 0 Å². The first kappa shape index (κ1) is 18.5. The Labute approximate surface area is 154 Å². The predicted octanol–water partition coefficient (Wildman–Crippen LogP) is 3.04. The number of methoxy groups -OCH3 is 2. The van der Waals surface area contributed by atoms with Crippen molar-refractivity contribution in [1.29, 1.82) is 0 Å². The summed E-state index contributed by atoms with van der Waals surface area (Å²) in [6, 6.07) is 5.37. The lowest BCUT2D eigenvalue weighted by Gasteiger charge is -2.44. The number of amides is 1. The lowest BCUT2D eigenvalue weighted by molar-refractivity contribution is -0.140. The molecule has 1 aromatic carbocycles. The highest BCUT2D eigenvalue weighted by Gasteiger charge is 2.36. The fraction of sp³-hybridized carbons (Fsp3) is 0.600. The molecule has 0 N–H and O–H groups in total. The number of ether oxygens (including phenoxy) is 3. The highest BCUT2D eigenvalue weighted by atomic mass is 16.5. The van der Waals surface area contributed by atoms with E-state index in [9.17, 15) is 9.59 Å². The maximum Gasteiger partial charge on any atom is 0.346 e. The van der Waals surface area contributed by atoms with Crippen LogP contribution in [-0.2, 0) is 9.53 Å². The average Bonchev–Trinajstić information content (AvgIpc) is 2.70. The van der Waals surface area contributed by atoms with Crippen molar-refractivity contribution in [3.8, 4) is 11.5 Å². The lowest BCUT2D eigenvalue weighted by atomic mass is 9.78. The van der Waals surface area contributed by atoms with Gasteiger partial charge < -0.3 is 19.1 Å². The summed E-state index contributed by atoms with van der Waals surface area (Å²) < 4.78 is 15.8. The number of piperidine rings is 1. The second kappa shape index (κ2) is 8.43. The Morgan fingerprint density at radius 1 is 1.04 bits per heavy atom. The van der Waals surface area contributed by atoms with E-state index in [0.29, 0.717) is 23.5 Å². The third kappa shape index (κ3) is 3.79. The molecule has 2 fully saturated rings. The molecule has 0 aromatic heterocycles. The van der Waals surface area contributed by atoms with Crippen LogP contribution < -0.4 is 9.47 Å². The van der Waals surface area contributed by atoms with Gasteiger partial charge in [0.05, 0.1) is 14.2 Å². The topological polar surface area (TPSA) is 65.1 Å². The van der Waals surface area contributed by atoms with Crippen molar-refractivity contribution in [2.24, 2.45) is 5.92 Å². The standard InChI is InChI=1S/C20H27NO5/c1-24-16-10-5-11-17(25-2)19(16)20(23)26-13-18(22)21-12-6-8-14-7-3-4-9-15(14)21/h5,10-11,14-15H,3-4,6-9,12-13H2,1-2H3/t14-,15-/m0/s1. The number of nitrogens with zero attached hydrogens (tertiary/aromatic N) is 1. The van der Waals surface area contributed by atoms with Gasteiger partial charge in [0.1, 0.15) is 17.1 Å². The van der Waals surface area contributed by atoms with E-state index in [1.54, 1.807) is 18.2 Å². The molecule has 1 aliphatic carbocycles. The van der Waals surface area contributed by atoms with Crippen molar-refractivity contribution in [3.05, 3.63) is 23.8 Å². The maximum atomic E-state index is 12.7. The molecule has 1 amide bonds. The minimum Gasteiger partial charge on any atom is -0.496 e. The van der Waals surface area contributed by atoms with E-state index in [1.165, 1.54) is 39.9 Å². The fourth-order valence-electron chi connectivity index (χ4n) is 4.27. The molecule has 3 rings (SSSR count). The molecule has 0 unspecified atom stereocenters. The molecule has 2 atom stereocenters. The van der Waals surface area contributed by atoms with Crippen molar-refractivity contribution < 1.29 is 23.8 Å². The average molecular weight is 361 g/mol. The molecule has 26 heavy (non-hydrogen) atoms. The van der Waals surface area contributed by atoms with E-state index in [0.717, 1.165) is 19.4 Å². The summed E-state index contributed by atoms with van der Waals surface area (Å²) in [7, 11) is 2.96. The van der Waals surface area contributed by atoms with E-state index in [4.69, 9.17) is 14.2 Å². The molecule has 0 bridgehead atoms. The van der Waals surface area contributed by atoms with Gasteiger partial charge in [0.15, 0.2) is 6.61 Å². The van der Waals surface area contributed by atoms with Crippen LogP contribution in [0, 0.1) is 5.92 Å². The highest BCUT2D eigenvalue weighted by Crippen LogP contribution is 2.35. The molecule has 1 aliphatic heterocycles. The van der Waals surface area contributed by atoms with Crippen LogP contribution in [0.2, 0.25) is 0 Å². The normalized spacial score (nSPS) is 22.3. The fourth-order valence-corrected chi connectivity index (χ4v) is 4.27. The van der Waals surface area contributed by atoms with Crippen molar-refractivity contribution in [3.63, 3.8) is 0 Å². The zero-order chi connectivity index (χ0) is 18.5. The summed E-state index contributed by atoms with van der Waals surface area (Å²) in [6.07, 6.45) is 6.92. The first-order valence-corrected chi connectivity index (χ1v) is 9.33. The summed E-state index contributed by atoms with van der Waals surface area (Å²) in [5, 5.41) is 0. The molecular formula is C20H27NO5. The molecule has 2 aliphatic rings. The Kier molecular flexibility index (Phi) is 6.01. The van der Waals surface area contributed by atoms with Gasteiger partial charge in [-0.2, -0.15) is 0 Å².